The second kappa shape index (κ2) is 7.96. The van der Waals surface area contributed by atoms with Crippen LogP contribution in [0.5, 0.6) is 11.5 Å². The highest BCUT2D eigenvalue weighted by atomic mass is 16.6. The van der Waals surface area contributed by atoms with Crippen molar-refractivity contribution >= 4 is 11.6 Å². The Balaban J connectivity index is 1.98. The molecule has 1 N–H and O–H groups in total. The summed E-state index contributed by atoms with van der Waals surface area (Å²) in [6, 6.07) is 13.5. The normalized spacial score (nSPS) is 11.4. The first-order chi connectivity index (χ1) is 11.5. The Morgan fingerprint density at radius 2 is 1.96 bits per heavy atom. The molecule has 2 aromatic carbocycles. The van der Waals surface area contributed by atoms with Gasteiger partial charge < -0.3 is 14.8 Å². The van der Waals surface area contributed by atoms with E-state index in [2.05, 4.69) is 5.32 Å². The lowest BCUT2D eigenvalue weighted by molar-refractivity contribution is -0.385. The zero-order valence-electron chi connectivity index (χ0n) is 13.4. The van der Waals surface area contributed by atoms with E-state index in [1.165, 1.54) is 25.3 Å². The largest absolute Gasteiger partial charge is 0.496 e. The highest BCUT2D eigenvalue weighted by Gasteiger charge is 2.18. The number of nitrogens with zero attached hydrogens (tertiary/aromatic N) is 1. The maximum Gasteiger partial charge on any atom is 0.314 e. The standard InChI is InChI=1S/C17H18N2O5/c1-12(13-6-4-3-5-7-13)18-17(20)11-24-16-9-8-14(23-2)10-15(16)19(21)22/h3-10,12H,11H2,1-2H3,(H,18,20). The van der Waals surface area contributed by atoms with E-state index < -0.39 is 4.92 Å². The smallest absolute Gasteiger partial charge is 0.314 e. The van der Waals surface area contributed by atoms with Crippen LogP contribution in [-0.4, -0.2) is 24.5 Å². The Bertz CT molecular complexity index is 718. The number of hydrogen-bond donors (Lipinski definition) is 1. The second-order valence-corrected chi connectivity index (χ2v) is 5.08. The average molecular weight is 330 g/mol. The molecule has 0 aromatic heterocycles. The lowest BCUT2D eigenvalue weighted by atomic mass is 10.1. The molecule has 126 valence electrons. The SMILES string of the molecule is COc1ccc(OCC(=O)NC(C)c2ccccc2)c([N+](=O)[O-])c1. The van der Waals surface area contributed by atoms with Crippen LogP contribution in [-0.2, 0) is 4.79 Å². The fourth-order valence-electron chi connectivity index (χ4n) is 2.14. The molecule has 1 atom stereocenters. The Hall–Kier alpha value is -3.09. The minimum atomic E-state index is -0.581. The van der Waals surface area contributed by atoms with Gasteiger partial charge in [0.15, 0.2) is 12.4 Å². The molecule has 2 rings (SSSR count). The van der Waals surface area contributed by atoms with Gasteiger partial charge in [-0.3, -0.25) is 14.9 Å². The molecule has 0 aliphatic carbocycles. The summed E-state index contributed by atoms with van der Waals surface area (Å²) in [4.78, 5) is 22.5. The maximum absolute atomic E-state index is 12.0. The van der Waals surface area contributed by atoms with E-state index in [0.29, 0.717) is 5.75 Å². The van der Waals surface area contributed by atoms with Gasteiger partial charge in [-0.25, -0.2) is 0 Å². The molecule has 0 spiro atoms. The van der Waals surface area contributed by atoms with Crippen molar-refractivity contribution < 1.29 is 19.2 Å². The molecular weight excluding hydrogens is 312 g/mol. The molecule has 7 nitrogen and oxygen atoms in total. The van der Waals surface area contributed by atoms with E-state index in [0.717, 1.165) is 5.56 Å². The van der Waals surface area contributed by atoms with Crippen LogP contribution in [0, 0.1) is 10.1 Å². The number of benzene rings is 2. The third kappa shape index (κ3) is 4.45. The second-order valence-electron chi connectivity index (χ2n) is 5.08. The number of nitro benzene ring substituents is 1. The Kier molecular flexibility index (Phi) is 5.73. The van der Waals surface area contributed by atoms with E-state index in [-0.39, 0.29) is 30.0 Å². The van der Waals surface area contributed by atoms with Crippen molar-refractivity contribution in [3.8, 4) is 11.5 Å². The summed E-state index contributed by atoms with van der Waals surface area (Å²) >= 11 is 0. The number of nitrogens with one attached hydrogen (secondary N) is 1. The topological polar surface area (TPSA) is 90.7 Å². The number of hydrogen-bond acceptors (Lipinski definition) is 5. The first-order valence-electron chi connectivity index (χ1n) is 7.31. The van der Waals surface area contributed by atoms with Gasteiger partial charge in [0, 0.05) is 0 Å². The Labute approximate surface area is 139 Å². The van der Waals surface area contributed by atoms with Crippen LogP contribution >= 0.6 is 0 Å². The van der Waals surface area contributed by atoms with Gasteiger partial charge in [0.25, 0.3) is 5.91 Å². The van der Waals surface area contributed by atoms with Crippen molar-refractivity contribution in [2.45, 2.75) is 13.0 Å². The van der Waals surface area contributed by atoms with Crippen molar-refractivity contribution in [1.82, 2.24) is 5.32 Å². The Morgan fingerprint density at radius 3 is 2.58 bits per heavy atom. The Morgan fingerprint density at radius 1 is 1.25 bits per heavy atom. The quantitative estimate of drug-likeness (QED) is 0.622. The minimum absolute atomic E-state index is 0.0170. The van der Waals surface area contributed by atoms with Gasteiger partial charge >= 0.3 is 5.69 Å². The average Bonchev–Trinajstić information content (AvgIpc) is 2.60. The molecule has 0 aliphatic heterocycles. The highest BCUT2D eigenvalue weighted by Crippen LogP contribution is 2.30. The van der Waals surface area contributed by atoms with Crippen LogP contribution in [0.2, 0.25) is 0 Å². The zero-order valence-corrected chi connectivity index (χ0v) is 13.4. The summed E-state index contributed by atoms with van der Waals surface area (Å²) in [6.45, 7) is 1.54. The van der Waals surface area contributed by atoms with Crippen LogP contribution in [0.3, 0.4) is 0 Å². The van der Waals surface area contributed by atoms with Crippen LogP contribution in [0.4, 0.5) is 5.69 Å². The molecule has 0 bridgehead atoms. The van der Waals surface area contributed by atoms with Crippen LogP contribution < -0.4 is 14.8 Å². The summed E-state index contributed by atoms with van der Waals surface area (Å²) in [5, 5.41) is 13.8. The van der Waals surface area contributed by atoms with E-state index in [1.807, 2.05) is 37.3 Å². The van der Waals surface area contributed by atoms with E-state index in [9.17, 15) is 14.9 Å². The van der Waals surface area contributed by atoms with Crippen LogP contribution in [0.25, 0.3) is 0 Å². The van der Waals surface area contributed by atoms with Crippen molar-refractivity contribution in [3.05, 3.63) is 64.2 Å². The first-order valence-corrected chi connectivity index (χ1v) is 7.31. The van der Waals surface area contributed by atoms with Crippen LogP contribution in [0.1, 0.15) is 18.5 Å². The predicted molar refractivity (Wildman–Crippen MR) is 88.1 cm³/mol. The fourth-order valence-corrected chi connectivity index (χ4v) is 2.14. The lowest BCUT2D eigenvalue weighted by Gasteiger charge is -2.14. The molecule has 1 unspecified atom stereocenters. The molecule has 1 amide bonds. The lowest BCUT2D eigenvalue weighted by Crippen LogP contribution is -2.31. The predicted octanol–water partition coefficient (Wildman–Crippen LogP) is 2.86. The molecule has 0 saturated heterocycles. The number of rotatable bonds is 7. The number of methoxy groups -OCH3 is 1. The molecule has 0 saturated carbocycles. The van der Waals surface area contributed by atoms with Crippen LogP contribution in [0.15, 0.2) is 48.5 Å². The van der Waals surface area contributed by atoms with Gasteiger partial charge in [0.05, 0.1) is 24.1 Å². The molecule has 24 heavy (non-hydrogen) atoms. The minimum Gasteiger partial charge on any atom is -0.496 e. The monoisotopic (exact) mass is 330 g/mol. The number of ether oxygens (including phenoxy) is 2. The van der Waals surface area contributed by atoms with Gasteiger partial charge in [-0.15, -0.1) is 0 Å². The number of carbonyl (C=O) groups excluding carboxylic acids is 1. The van der Waals surface area contributed by atoms with Gasteiger partial charge in [0.2, 0.25) is 0 Å². The summed E-state index contributed by atoms with van der Waals surface area (Å²) in [7, 11) is 1.41. The summed E-state index contributed by atoms with van der Waals surface area (Å²) in [6.07, 6.45) is 0. The fraction of sp³-hybridized carbons (Fsp3) is 0.235. The maximum atomic E-state index is 12.0. The molecule has 0 radical (unpaired) electrons. The molecular formula is C17H18N2O5. The molecule has 0 heterocycles. The molecule has 7 heteroatoms. The van der Waals surface area contributed by atoms with E-state index in [4.69, 9.17) is 9.47 Å². The zero-order chi connectivity index (χ0) is 17.5. The van der Waals surface area contributed by atoms with Gasteiger partial charge in [-0.1, -0.05) is 30.3 Å². The third-order valence-corrected chi connectivity index (χ3v) is 3.40. The first kappa shape index (κ1) is 17.3. The van der Waals surface area contributed by atoms with Crippen molar-refractivity contribution in [1.29, 1.82) is 0 Å². The van der Waals surface area contributed by atoms with Gasteiger partial charge in [0.1, 0.15) is 5.75 Å². The van der Waals surface area contributed by atoms with E-state index in [1.54, 1.807) is 0 Å². The van der Waals surface area contributed by atoms with E-state index >= 15 is 0 Å². The van der Waals surface area contributed by atoms with Gasteiger partial charge in [-0.05, 0) is 24.6 Å². The summed E-state index contributed by atoms with van der Waals surface area (Å²) in [5.41, 5.74) is 0.708. The molecule has 0 aliphatic rings. The summed E-state index contributed by atoms with van der Waals surface area (Å²) in [5.74, 6) is -0.00372. The van der Waals surface area contributed by atoms with Crippen molar-refractivity contribution in [2.24, 2.45) is 0 Å². The number of amides is 1. The highest BCUT2D eigenvalue weighted by molar-refractivity contribution is 5.78. The number of nitro groups is 1. The number of carbonyl (C=O) groups is 1. The molecule has 2 aromatic rings. The third-order valence-electron chi connectivity index (χ3n) is 3.40. The van der Waals surface area contributed by atoms with Gasteiger partial charge in [-0.2, -0.15) is 0 Å². The van der Waals surface area contributed by atoms with Crippen molar-refractivity contribution in [2.75, 3.05) is 13.7 Å². The molecule has 0 fully saturated rings. The van der Waals surface area contributed by atoms with Crippen molar-refractivity contribution in [3.63, 3.8) is 0 Å². The summed E-state index contributed by atoms with van der Waals surface area (Å²) < 4.78 is 10.2.